The van der Waals surface area contributed by atoms with E-state index in [2.05, 4.69) is 0 Å². The van der Waals surface area contributed by atoms with Gasteiger partial charge >= 0.3 is 29.6 Å². The Morgan fingerprint density at radius 3 is 1.78 bits per heavy atom. The first kappa shape index (κ1) is 11.9. The molecule has 9 heavy (non-hydrogen) atoms. The average molecular weight is 157 g/mol. The summed E-state index contributed by atoms with van der Waals surface area (Å²) in [6.45, 7) is 1.08. The first-order valence-electron chi connectivity index (χ1n) is 1.74. The van der Waals surface area contributed by atoms with E-state index in [1.165, 1.54) is 0 Å². The van der Waals surface area contributed by atoms with E-state index in [9.17, 15) is 13.2 Å². The number of carbonyl (C=O) groups excluding carboxylic acids is 1. The van der Waals surface area contributed by atoms with Crippen molar-refractivity contribution in [1.29, 1.82) is 0 Å². The SMILES string of the molecule is CC(C([NH-])=O)=S(=O)=O.[Na+]. The van der Waals surface area contributed by atoms with Crippen molar-refractivity contribution in [3.63, 3.8) is 0 Å². The minimum Gasteiger partial charge on any atom is -0.663 e. The largest absolute Gasteiger partial charge is 1.00 e. The molecule has 0 bridgehead atoms. The van der Waals surface area contributed by atoms with Crippen molar-refractivity contribution in [2.45, 2.75) is 6.92 Å². The Hall–Kier alpha value is 0.160. The minimum absolute atomic E-state index is 0. The fourth-order valence-corrected chi connectivity index (χ4v) is 0.227. The van der Waals surface area contributed by atoms with Crippen LogP contribution in [0.15, 0.2) is 0 Å². The van der Waals surface area contributed by atoms with Gasteiger partial charge in [-0.1, -0.05) is 0 Å². The van der Waals surface area contributed by atoms with Gasteiger partial charge in [-0.15, -0.1) is 0 Å². The summed E-state index contributed by atoms with van der Waals surface area (Å²) in [4.78, 5) is 9.37. The molecule has 0 aromatic carbocycles. The van der Waals surface area contributed by atoms with E-state index in [0.29, 0.717) is 0 Å². The predicted molar refractivity (Wildman–Crippen MR) is 28.9 cm³/mol. The molecule has 0 rings (SSSR count). The molecule has 0 aromatic heterocycles. The average Bonchev–Trinajstić information content (AvgIpc) is 1.64. The smallest absolute Gasteiger partial charge is 0.663 e. The normalized spacial score (nSPS) is 7.22. The van der Waals surface area contributed by atoms with Gasteiger partial charge in [-0.3, -0.25) is 0 Å². The summed E-state index contributed by atoms with van der Waals surface area (Å²) >= 11 is 0. The van der Waals surface area contributed by atoms with Crippen molar-refractivity contribution in [3.05, 3.63) is 5.73 Å². The standard InChI is InChI=1S/C3H5NO3S.Na/c1-2(3(4)5)8(6)7;/h1H3,(H2,4,5);/q;+1/p-1. The van der Waals surface area contributed by atoms with Gasteiger partial charge in [0.2, 0.25) is 10.3 Å². The molecule has 0 radical (unpaired) electrons. The summed E-state index contributed by atoms with van der Waals surface area (Å²) in [5.74, 6) is -1.15. The molecule has 1 N–H and O–H groups in total. The van der Waals surface area contributed by atoms with Crippen LogP contribution in [-0.4, -0.2) is 19.2 Å². The van der Waals surface area contributed by atoms with E-state index >= 15 is 0 Å². The first-order chi connectivity index (χ1) is 3.55. The van der Waals surface area contributed by atoms with Crippen LogP contribution in [0.1, 0.15) is 6.92 Å². The van der Waals surface area contributed by atoms with E-state index in [1.807, 2.05) is 0 Å². The zero-order valence-corrected chi connectivity index (χ0v) is 7.95. The molecule has 0 saturated carbocycles. The fraction of sp³-hybridized carbons (Fsp3) is 0.333. The molecule has 1 amide bonds. The molecule has 0 aromatic rings. The Morgan fingerprint density at radius 1 is 1.44 bits per heavy atom. The van der Waals surface area contributed by atoms with Crippen LogP contribution in [0.3, 0.4) is 0 Å². The molecule has 6 heteroatoms. The van der Waals surface area contributed by atoms with E-state index in [4.69, 9.17) is 5.73 Å². The van der Waals surface area contributed by atoms with Crippen LogP contribution < -0.4 is 29.6 Å². The van der Waals surface area contributed by atoms with Crippen LogP contribution in [0, 0.1) is 0 Å². The Bertz CT molecular complexity index is 221. The van der Waals surface area contributed by atoms with E-state index in [1.54, 1.807) is 0 Å². The number of nitrogens with one attached hydrogen (secondary N) is 1. The van der Waals surface area contributed by atoms with Gasteiger partial charge in [0, 0.05) is 0 Å². The van der Waals surface area contributed by atoms with Crippen molar-refractivity contribution in [3.8, 4) is 0 Å². The molecule has 0 aliphatic carbocycles. The van der Waals surface area contributed by atoms with Crippen LogP contribution in [-0.2, 0) is 15.1 Å². The van der Waals surface area contributed by atoms with Crippen molar-refractivity contribution in [2.75, 3.05) is 0 Å². The molecule has 0 saturated heterocycles. The minimum atomic E-state index is -2.51. The van der Waals surface area contributed by atoms with Crippen molar-refractivity contribution < 1.29 is 42.8 Å². The third kappa shape index (κ3) is 4.65. The molecule has 0 fully saturated rings. The molecule has 0 atom stereocenters. The van der Waals surface area contributed by atoms with Crippen LogP contribution in [0.2, 0.25) is 0 Å². The first-order valence-corrected chi connectivity index (χ1v) is 2.82. The molecule has 0 aliphatic heterocycles. The monoisotopic (exact) mass is 157 g/mol. The van der Waals surface area contributed by atoms with Gasteiger partial charge in [0.15, 0.2) is 0 Å². The maximum Gasteiger partial charge on any atom is 1.00 e. The van der Waals surface area contributed by atoms with Crippen molar-refractivity contribution in [1.82, 2.24) is 0 Å². The summed E-state index contributed by atoms with van der Waals surface area (Å²) in [5, 5.41) is 0. The van der Waals surface area contributed by atoms with Gasteiger partial charge in [-0.25, -0.2) is 0 Å². The summed E-state index contributed by atoms with van der Waals surface area (Å²) < 4.78 is 19.5. The Kier molecular flexibility index (Phi) is 6.59. The zero-order chi connectivity index (χ0) is 6.73. The van der Waals surface area contributed by atoms with E-state index in [0.717, 1.165) is 6.92 Å². The summed E-state index contributed by atoms with van der Waals surface area (Å²) in [5.41, 5.74) is 6.25. The van der Waals surface area contributed by atoms with Crippen molar-refractivity contribution in [2.24, 2.45) is 0 Å². The van der Waals surface area contributed by atoms with Crippen LogP contribution in [0.4, 0.5) is 0 Å². The summed E-state index contributed by atoms with van der Waals surface area (Å²) in [7, 11) is -2.51. The second kappa shape index (κ2) is 4.99. The van der Waals surface area contributed by atoms with Crippen LogP contribution in [0.25, 0.3) is 5.73 Å². The second-order valence-electron chi connectivity index (χ2n) is 1.12. The molecule has 46 valence electrons. The van der Waals surface area contributed by atoms with Gasteiger partial charge in [0.1, 0.15) is 0 Å². The Labute approximate surface area is 76.2 Å². The zero-order valence-electron chi connectivity index (χ0n) is 5.13. The quantitative estimate of drug-likeness (QED) is 0.294. The Balaban J connectivity index is 0. The number of rotatable bonds is 1. The van der Waals surface area contributed by atoms with Crippen molar-refractivity contribution >= 4 is 21.1 Å². The van der Waals surface area contributed by atoms with Gasteiger partial charge in [-0.2, -0.15) is 8.42 Å². The second-order valence-corrected chi connectivity index (χ2v) is 2.20. The fourth-order valence-electron chi connectivity index (χ4n) is 0.0757. The number of hydrogen-bond acceptors (Lipinski definition) is 3. The van der Waals surface area contributed by atoms with E-state index in [-0.39, 0.29) is 29.6 Å². The molecule has 0 heterocycles. The summed E-state index contributed by atoms with van der Waals surface area (Å²) in [6, 6.07) is 0. The van der Waals surface area contributed by atoms with Gasteiger partial charge in [-0.05, 0) is 6.92 Å². The molecule has 0 spiro atoms. The molecular weight excluding hydrogens is 153 g/mol. The van der Waals surface area contributed by atoms with Gasteiger partial charge < -0.3 is 10.5 Å². The molecule has 4 nitrogen and oxygen atoms in total. The summed E-state index contributed by atoms with van der Waals surface area (Å²) in [6.07, 6.45) is 0. The Morgan fingerprint density at radius 2 is 1.78 bits per heavy atom. The van der Waals surface area contributed by atoms with Crippen LogP contribution >= 0.6 is 0 Å². The number of carbonyl (C=O) groups is 1. The third-order valence-corrected chi connectivity index (χ3v) is 1.26. The molecule has 0 aliphatic rings. The topological polar surface area (TPSA) is 75.0 Å². The predicted octanol–water partition coefficient (Wildman–Crippen LogP) is -3.36. The van der Waals surface area contributed by atoms with Gasteiger partial charge in [0.25, 0.3) is 0 Å². The number of amides is 1. The number of hydrogen-bond donors (Lipinski definition) is 0. The molecule has 0 unspecified atom stereocenters. The van der Waals surface area contributed by atoms with Crippen LogP contribution in [0.5, 0.6) is 0 Å². The maximum atomic E-state index is 9.82. The third-order valence-electron chi connectivity index (χ3n) is 0.570. The van der Waals surface area contributed by atoms with E-state index < -0.39 is 21.1 Å². The molecular formula is C3H4NNaO3S. The maximum absolute atomic E-state index is 9.82. The van der Waals surface area contributed by atoms with Gasteiger partial charge in [0.05, 0.1) is 10.8 Å².